The Balaban J connectivity index is 1.87. The number of hydrogen-bond acceptors (Lipinski definition) is 9. The van der Waals surface area contributed by atoms with Crippen LogP contribution in [0.4, 0.5) is 17.5 Å². The molecule has 2 aliphatic heterocycles. The van der Waals surface area contributed by atoms with Crippen LogP contribution in [-0.2, 0) is 4.74 Å². The lowest BCUT2D eigenvalue weighted by atomic mass is 10.1. The maximum Gasteiger partial charge on any atom is 0.284 e. The average Bonchev–Trinajstić information content (AvgIpc) is 3.26. The first kappa shape index (κ1) is 17.5. The van der Waals surface area contributed by atoms with Crippen LogP contribution in [0.1, 0.15) is 19.3 Å². The van der Waals surface area contributed by atoms with E-state index in [0.717, 1.165) is 0 Å². The summed E-state index contributed by atoms with van der Waals surface area (Å²) in [5.74, 6) is 0.104. The Morgan fingerprint density at radius 2 is 2.08 bits per heavy atom. The highest BCUT2D eigenvalue weighted by molar-refractivity contribution is 5.87. The third-order valence-electron chi connectivity index (χ3n) is 5.56. The summed E-state index contributed by atoms with van der Waals surface area (Å²) < 4.78 is 5.51. The monoisotopic (exact) mass is 368 g/mol. The van der Waals surface area contributed by atoms with Crippen LogP contribution < -0.4 is 15.8 Å². The van der Waals surface area contributed by atoms with Gasteiger partial charge in [-0.25, -0.2) is 4.48 Å². The molecule has 11 nitrogen and oxygen atoms in total. The number of aliphatic imine (C=N–C) groups is 1. The molecule has 0 spiro atoms. The van der Waals surface area contributed by atoms with Crippen molar-refractivity contribution < 1.29 is 25.2 Å². The van der Waals surface area contributed by atoms with E-state index in [4.69, 9.17) is 10.5 Å². The number of H-pyrrole nitrogens is 1. The van der Waals surface area contributed by atoms with Crippen molar-refractivity contribution >= 4 is 23.8 Å². The Hall–Kier alpha value is -1.89. The largest absolute Gasteiger partial charge is 0.394 e. The van der Waals surface area contributed by atoms with Gasteiger partial charge < -0.3 is 30.9 Å². The number of ether oxygens (including phenoxy) is 1. The zero-order valence-electron chi connectivity index (χ0n) is 13.9. The summed E-state index contributed by atoms with van der Waals surface area (Å²) in [6.07, 6.45) is -2.25. The number of hydrogen-bond donors (Lipinski definition) is 6. The summed E-state index contributed by atoms with van der Waals surface area (Å²) in [5.41, 5.74) is 5.25. The first-order valence-corrected chi connectivity index (χ1v) is 8.52. The summed E-state index contributed by atoms with van der Waals surface area (Å²) in [4.78, 5) is 23.1. The van der Waals surface area contributed by atoms with Gasteiger partial charge in [0.15, 0.2) is 12.4 Å². The molecule has 3 aliphatic rings. The Morgan fingerprint density at radius 3 is 2.69 bits per heavy atom. The minimum atomic E-state index is -1.34. The number of nitrogen functional groups attached to an aromatic ring is 1. The van der Waals surface area contributed by atoms with Gasteiger partial charge in [0.2, 0.25) is 17.9 Å². The van der Waals surface area contributed by atoms with Crippen LogP contribution in [0.3, 0.4) is 0 Å². The van der Waals surface area contributed by atoms with Gasteiger partial charge in [0, 0.05) is 12.8 Å². The number of nitrogens with two attached hydrogens (primary N) is 1. The van der Waals surface area contributed by atoms with Crippen LogP contribution in [0, 0.1) is 0 Å². The van der Waals surface area contributed by atoms with Crippen molar-refractivity contribution in [3.8, 4) is 0 Å². The van der Waals surface area contributed by atoms with Crippen LogP contribution in [0.2, 0.25) is 0 Å². The fourth-order valence-corrected chi connectivity index (χ4v) is 4.28. The van der Waals surface area contributed by atoms with Gasteiger partial charge in [0.25, 0.3) is 11.4 Å². The lowest BCUT2D eigenvalue weighted by Crippen LogP contribution is -2.64. The molecule has 0 bridgehead atoms. The molecule has 3 heterocycles. The van der Waals surface area contributed by atoms with Crippen molar-refractivity contribution in [3.63, 3.8) is 0 Å². The molecule has 1 aromatic rings. The van der Waals surface area contributed by atoms with Crippen LogP contribution in [-0.4, -0.2) is 80.0 Å². The molecule has 1 aliphatic carbocycles. The number of nitrogens with zero attached hydrogens (tertiary/aromatic N) is 3. The molecule has 7 N–H and O–H groups in total. The van der Waals surface area contributed by atoms with Crippen LogP contribution in [0.25, 0.3) is 0 Å². The van der Waals surface area contributed by atoms with Gasteiger partial charge in [0.05, 0.1) is 12.7 Å². The molecular weight excluding hydrogens is 346 g/mol. The van der Waals surface area contributed by atoms with E-state index >= 15 is 0 Å². The van der Waals surface area contributed by atoms with Crippen LogP contribution in [0.15, 0.2) is 9.79 Å². The summed E-state index contributed by atoms with van der Waals surface area (Å²) in [6.45, 7) is -0.475. The minimum Gasteiger partial charge on any atom is -0.394 e. The van der Waals surface area contributed by atoms with E-state index in [1.165, 1.54) is 6.34 Å². The fraction of sp³-hybridized carbons (Fsp3) is 0.667. The molecular formula is C15H22N5O6+. The first-order valence-electron chi connectivity index (χ1n) is 8.52. The van der Waals surface area contributed by atoms with E-state index in [2.05, 4.69) is 15.0 Å². The number of fused-ring (bicyclic) bond motifs is 1. The van der Waals surface area contributed by atoms with Crippen LogP contribution >= 0.6 is 0 Å². The van der Waals surface area contributed by atoms with Gasteiger partial charge in [-0.05, 0) is 6.42 Å². The maximum atomic E-state index is 12.2. The Morgan fingerprint density at radius 1 is 1.31 bits per heavy atom. The SMILES string of the molecule is Nc1nc2c(c(=O)[nH]1)N=C[N+]2([C@@H]1CC[C@@H](O)C1)[C@@H]1O[C@H](CO)[C@H](O)[C@H]1O. The third-order valence-corrected chi connectivity index (χ3v) is 5.56. The highest BCUT2D eigenvalue weighted by Crippen LogP contribution is 2.45. The highest BCUT2D eigenvalue weighted by Gasteiger charge is 2.61. The summed E-state index contributed by atoms with van der Waals surface area (Å²) >= 11 is 0. The number of nitrogens with one attached hydrogen (secondary N) is 1. The number of aliphatic hydroxyl groups excluding tert-OH is 4. The van der Waals surface area contributed by atoms with Gasteiger partial charge in [-0.15, -0.1) is 0 Å². The van der Waals surface area contributed by atoms with Crippen molar-refractivity contribution in [3.05, 3.63) is 10.4 Å². The molecule has 0 radical (unpaired) electrons. The molecule has 0 amide bonds. The Kier molecular flexibility index (Phi) is 4.10. The van der Waals surface area contributed by atoms with Crippen molar-refractivity contribution in [2.45, 2.75) is 55.9 Å². The number of aliphatic hydroxyl groups is 4. The topological polar surface area (TPSA) is 174 Å². The number of anilines is 1. The quantitative estimate of drug-likeness (QED) is 0.322. The van der Waals surface area contributed by atoms with Crippen molar-refractivity contribution in [1.82, 2.24) is 14.5 Å². The molecule has 1 saturated carbocycles. The Bertz CT molecular complexity index is 799. The molecule has 2 fully saturated rings. The minimum absolute atomic E-state index is 0.0540. The van der Waals surface area contributed by atoms with E-state index in [-0.39, 0.29) is 28.0 Å². The summed E-state index contributed by atoms with van der Waals surface area (Å²) in [6, 6.07) is -0.284. The predicted molar refractivity (Wildman–Crippen MR) is 90.6 cm³/mol. The van der Waals surface area contributed by atoms with Gasteiger partial charge in [0.1, 0.15) is 18.2 Å². The first-order chi connectivity index (χ1) is 12.4. The molecule has 4 rings (SSSR count). The Labute approximate surface area is 148 Å². The molecule has 1 saturated heterocycles. The van der Waals surface area contributed by atoms with Gasteiger partial charge in [-0.3, -0.25) is 9.78 Å². The van der Waals surface area contributed by atoms with E-state index in [0.29, 0.717) is 19.3 Å². The zero-order chi connectivity index (χ0) is 18.6. The molecule has 0 aromatic carbocycles. The number of rotatable bonds is 3. The number of quaternary nitrogens is 1. The average molecular weight is 368 g/mol. The number of aromatic nitrogens is 2. The molecule has 26 heavy (non-hydrogen) atoms. The van der Waals surface area contributed by atoms with Gasteiger partial charge in [-0.2, -0.15) is 9.98 Å². The normalized spacial score (nSPS) is 41.7. The zero-order valence-corrected chi connectivity index (χ0v) is 13.9. The van der Waals surface area contributed by atoms with Gasteiger partial charge in [-0.1, -0.05) is 0 Å². The van der Waals surface area contributed by atoms with Gasteiger partial charge >= 0.3 is 0 Å². The predicted octanol–water partition coefficient (Wildman–Crippen LogP) is -2.31. The third kappa shape index (κ3) is 2.32. The van der Waals surface area contributed by atoms with E-state index in [1.54, 1.807) is 0 Å². The van der Waals surface area contributed by atoms with Crippen molar-refractivity contribution in [1.29, 1.82) is 0 Å². The summed E-state index contributed by atoms with van der Waals surface area (Å²) in [5, 5.41) is 40.3. The van der Waals surface area contributed by atoms with E-state index in [9.17, 15) is 25.2 Å². The lowest BCUT2D eigenvalue weighted by molar-refractivity contribution is -0.0781. The molecule has 11 heteroatoms. The van der Waals surface area contributed by atoms with Crippen LogP contribution in [0.5, 0.6) is 0 Å². The number of aromatic amines is 1. The molecule has 7 atom stereocenters. The van der Waals surface area contributed by atoms with E-state index in [1.807, 2.05) is 0 Å². The fourth-order valence-electron chi connectivity index (χ4n) is 4.28. The highest BCUT2D eigenvalue weighted by atomic mass is 16.6. The van der Waals surface area contributed by atoms with Crippen molar-refractivity contribution in [2.24, 2.45) is 4.99 Å². The standard InChI is InChI=1S/C15H21N5O6/c16-15-18-12-9(13(25)19-15)17-5-20(12,6-1-2-7(22)3-6)14-11(24)10(23)8(4-21)26-14/h5-8,10-11,14,21-24H,1-4H2,(H2-,16,18,19,25)/p+1/t6-,7-,8-,10+,11-,14-,20?/m1/s1. The molecule has 142 valence electrons. The second kappa shape index (κ2) is 6.08. The molecule has 1 aromatic heterocycles. The second-order valence-corrected chi connectivity index (χ2v) is 7.05. The lowest BCUT2D eigenvalue weighted by Gasteiger charge is -2.40. The smallest absolute Gasteiger partial charge is 0.284 e. The summed E-state index contributed by atoms with van der Waals surface area (Å²) in [7, 11) is 0. The maximum absolute atomic E-state index is 12.2. The second-order valence-electron chi connectivity index (χ2n) is 7.05. The van der Waals surface area contributed by atoms with E-state index < -0.39 is 42.8 Å². The van der Waals surface area contributed by atoms with Crippen molar-refractivity contribution in [2.75, 3.05) is 12.3 Å². The molecule has 1 unspecified atom stereocenters.